The van der Waals surface area contributed by atoms with Crippen LogP contribution in [0.25, 0.3) is 6.08 Å². The summed E-state index contributed by atoms with van der Waals surface area (Å²) >= 11 is 1.53. The van der Waals surface area contributed by atoms with E-state index in [1.165, 1.54) is 17.8 Å². The van der Waals surface area contributed by atoms with Crippen molar-refractivity contribution in [3.05, 3.63) is 65.6 Å². The maximum Gasteiger partial charge on any atom is 0.233 e. The lowest BCUT2D eigenvalue weighted by Gasteiger charge is -2.09. The Kier molecular flexibility index (Phi) is 7.24. The SMILES string of the molecule is CSc1ccccc1NC(=O)CCNS(=O)(=O)/C=C/c1ccccc1. The van der Waals surface area contributed by atoms with E-state index in [9.17, 15) is 13.2 Å². The van der Waals surface area contributed by atoms with E-state index in [2.05, 4.69) is 10.0 Å². The zero-order valence-electron chi connectivity index (χ0n) is 13.8. The van der Waals surface area contributed by atoms with Crippen LogP contribution in [-0.2, 0) is 14.8 Å². The van der Waals surface area contributed by atoms with E-state index in [-0.39, 0.29) is 18.9 Å². The van der Waals surface area contributed by atoms with E-state index in [0.29, 0.717) is 0 Å². The van der Waals surface area contributed by atoms with Gasteiger partial charge in [0.15, 0.2) is 0 Å². The van der Waals surface area contributed by atoms with Gasteiger partial charge in [-0.3, -0.25) is 4.79 Å². The predicted molar refractivity (Wildman–Crippen MR) is 104 cm³/mol. The van der Waals surface area contributed by atoms with Gasteiger partial charge in [0.05, 0.1) is 5.69 Å². The van der Waals surface area contributed by atoms with E-state index in [1.807, 2.05) is 60.9 Å². The Bertz CT molecular complexity index is 834. The molecule has 0 aliphatic carbocycles. The van der Waals surface area contributed by atoms with Crippen LogP contribution >= 0.6 is 11.8 Å². The summed E-state index contributed by atoms with van der Waals surface area (Å²) < 4.78 is 26.2. The number of thioether (sulfide) groups is 1. The molecule has 2 N–H and O–H groups in total. The number of rotatable bonds is 8. The minimum absolute atomic E-state index is 0.0364. The lowest BCUT2D eigenvalue weighted by Crippen LogP contribution is -2.26. The van der Waals surface area contributed by atoms with Crippen molar-refractivity contribution in [2.45, 2.75) is 11.3 Å². The molecule has 0 aromatic heterocycles. The van der Waals surface area contributed by atoms with Crippen LogP contribution in [-0.4, -0.2) is 27.1 Å². The van der Waals surface area contributed by atoms with Gasteiger partial charge in [0.2, 0.25) is 15.9 Å². The first-order chi connectivity index (χ1) is 12.0. The van der Waals surface area contributed by atoms with Crippen molar-refractivity contribution < 1.29 is 13.2 Å². The number of hydrogen-bond donors (Lipinski definition) is 2. The minimum atomic E-state index is -3.58. The molecule has 0 aliphatic heterocycles. The van der Waals surface area contributed by atoms with Crippen LogP contribution in [0.1, 0.15) is 12.0 Å². The van der Waals surface area contributed by atoms with Gasteiger partial charge in [0.25, 0.3) is 0 Å². The van der Waals surface area contributed by atoms with E-state index < -0.39 is 10.0 Å². The van der Waals surface area contributed by atoms with Crippen molar-refractivity contribution in [3.8, 4) is 0 Å². The van der Waals surface area contributed by atoms with Gasteiger partial charge in [-0.2, -0.15) is 0 Å². The molecule has 0 heterocycles. The summed E-state index contributed by atoms with van der Waals surface area (Å²) in [5.41, 5.74) is 1.52. The number of hydrogen-bond acceptors (Lipinski definition) is 4. The van der Waals surface area contributed by atoms with Gasteiger partial charge < -0.3 is 5.32 Å². The van der Waals surface area contributed by atoms with Gasteiger partial charge in [0.1, 0.15) is 0 Å². The van der Waals surface area contributed by atoms with Crippen LogP contribution in [0.15, 0.2) is 64.9 Å². The molecule has 1 amide bonds. The summed E-state index contributed by atoms with van der Waals surface area (Å²) in [4.78, 5) is 12.9. The highest BCUT2D eigenvalue weighted by Gasteiger charge is 2.09. The number of carbonyl (C=O) groups is 1. The van der Waals surface area contributed by atoms with E-state index >= 15 is 0 Å². The number of nitrogens with one attached hydrogen (secondary N) is 2. The maximum atomic E-state index is 12.0. The maximum absolute atomic E-state index is 12.0. The Hall–Kier alpha value is -2.09. The molecule has 25 heavy (non-hydrogen) atoms. The largest absolute Gasteiger partial charge is 0.325 e. The van der Waals surface area contributed by atoms with Gasteiger partial charge in [0, 0.05) is 23.3 Å². The number of anilines is 1. The molecule has 5 nitrogen and oxygen atoms in total. The average Bonchev–Trinajstić information content (AvgIpc) is 2.61. The monoisotopic (exact) mass is 376 g/mol. The topological polar surface area (TPSA) is 75.3 Å². The quantitative estimate of drug-likeness (QED) is 0.693. The summed E-state index contributed by atoms with van der Waals surface area (Å²) in [6.45, 7) is 0.0364. The lowest BCUT2D eigenvalue weighted by molar-refractivity contribution is -0.116. The number of sulfonamides is 1. The highest BCUT2D eigenvalue weighted by Crippen LogP contribution is 2.24. The molecule has 0 fully saturated rings. The van der Waals surface area contributed by atoms with Gasteiger partial charge in [-0.25, -0.2) is 13.1 Å². The molecule has 0 unspecified atom stereocenters. The van der Waals surface area contributed by atoms with Crippen molar-refractivity contribution in [1.82, 2.24) is 4.72 Å². The Labute approximate surface area is 152 Å². The molecule has 0 spiro atoms. The lowest BCUT2D eigenvalue weighted by atomic mass is 10.2. The zero-order chi connectivity index (χ0) is 18.1. The van der Waals surface area contributed by atoms with Crippen LogP contribution in [0.4, 0.5) is 5.69 Å². The van der Waals surface area contributed by atoms with Crippen molar-refractivity contribution >= 4 is 39.5 Å². The Morgan fingerprint density at radius 3 is 2.48 bits per heavy atom. The fourth-order valence-electron chi connectivity index (χ4n) is 2.05. The second-order valence-electron chi connectivity index (χ2n) is 5.15. The first kappa shape index (κ1) is 19.2. The molecule has 2 rings (SSSR count). The highest BCUT2D eigenvalue weighted by atomic mass is 32.2. The molecule has 0 saturated heterocycles. The van der Waals surface area contributed by atoms with Crippen molar-refractivity contribution in [3.63, 3.8) is 0 Å². The third-order valence-corrected chi connectivity index (χ3v) is 5.17. The van der Waals surface area contributed by atoms with E-state index in [1.54, 1.807) is 0 Å². The molecule has 0 atom stereocenters. The second kappa shape index (κ2) is 9.41. The second-order valence-corrected chi connectivity index (χ2v) is 7.65. The third-order valence-electron chi connectivity index (χ3n) is 3.28. The fourth-order valence-corrected chi connectivity index (χ4v) is 3.42. The predicted octanol–water partition coefficient (Wildman–Crippen LogP) is 3.33. The summed E-state index contributed by atoms with van der Waals surface area (Å²) in [5, 5.41) is 3.89. The van der Waals surface area contributed by atoms with Gasteiger partial charge >= 0.3 is 0 Å². The van der Waals surface area contributed by atoms with Gasteiger partial charge in [-0.05, 0) is 30.0 Å². The Balaban J connectivity index is 1.83. The average molecular weight is 377 g/mol. The first-order valence-electron chi connectivity index (χ1n) is 7.66. The van der Waals surface area contributed by atoms with Crippen molar-refractivity contribution in [1.29, 1.82) is 0 Å². The molecule has 0 radical (unpaired) electrons. The molecule has 7 heteroatoms. The highest BCUT2D eigenvalue weighted by molar-refractivity contribution is 7.98. The molecule has 0 bridgehead atoms. The zero-order valence-corrected chi connectivity index (χ0v) is 15.4. The van der Waals surface area contributed by atoms with E-state index in [4.69, 9.17) is 0 Å². The fraction of sp³-hybridized carbons (Fsp3) is 0.167. The van der Waals surface area contributed by atoms with Crippen LogP contribution in [0.5, 0.6) is 0 Å². The number of benzene rings is 2. The van der Waals surface area contributed by atoms with Crippen molar-refractivity contribution in [2.75, 3.05) is 18.1 Å². The minimum Gasteiger partial charge on any atom is -0.325 e. The molecule has 0 saturated carbocycles. The molecule has 2 aromatic rings. The molecule has 2 aromatic carbocycles. The summed E-state index contributed by atoms with van der Waals surface area (Å²) in [6, 6.07) is 16.6. The Morgan fingerprint density at radius 1 is 1.08 bits per heavy atom. The smallest absolute Gasteiger partial charge is 0.233 e. The summed E-state index contributed by atoms with van der Waals surface area (Å²) in [6.07, 6.45) is 3.50. The third kappa shape index (κ3) is 6.74. The summed E-state index contributed by atoms with van der Waals surface area (Å²) in [5.74, 6) is -0.240. The van der Waals surface area contributed by atoms with Crippen molar-refractivity contribution in [2.24, 2.45) is 0 Å². The van der Waals surface area contributed by atoms with Crippen LogP contribution in [0, 0.1) is 0 Å². The van der Waals surface area contributed by atoms with E-state index in [0.717, 1.165) is 21.6 Å². The number of carbonyl (C=O) groups excluding carboxylic acids is 1. The van der Waals surface area contributed by atoms with Gasteiger partial charge in [-0.15, -0.1) is 11.8 Å². The molecular formula is C18H20N2O3S2. The van der Waals surface area contributed by atoms with Crippen LogP contribution < -0.4 is 10.0 Å². The van der Waals surface area contributed by atoms with Crippen LogP contribution in [0.3, 0.4) is 0 Å². The molecule has 132 valence electrons. The Morgan fingerprint density at radius 2 is 1.76 bits per heavy atom. The molecule has 0 aliphatic rings. The molecular weight excluding hydrogens is 356 g/mol. The van der Waals surface area contributed by atoms with Crippen LogP contribution in [0.2, 0.25) is 0 Å². The normalized spacial score (nSPS) is 11.6. The number of para-hydroxylation sites is 1. The first-order valence-corrected chi connectivity index (χ1v) is 10.4. The standard InChI is InChI=1S/C18H20N2O3S2/c1-24-17-10-6-5-9-16(17)20-18(21)11-13-19-25(22,23)14-12-15-7-3-2-4-8-15/h2-10,12,14,19H,11,13H2,1H3,(H,20,21)/b14-12+. The summed E-state index contributed by atoms with van der Waals surface area (Å²) in [7, 11) is -3.58. The number of amides is 1. The van der Waals surface area contributed by atoms with Gasteiger partial charge in [-0.1, -0.05) is 42.5 Å².